The van der Waals surface area contributed by atoms with Crippen LogP contribution in [0.15, 0.2) is 0 Å². The van der Waals surface area contributed by atoms with Crippen LogP contribution in [0.2, 0.25) is 0 Å². The summed E-state index contributed by atoms with van der Waals surface area (Å²) in [5.41, 5.74) is 3.43. The first-order valence-electron chi connectivity index (χ1n) is 12.0. The molecular weight excluding hydrogens is 534 g/mol. The van der Waals surface area contributed by atoms with Crippen LogP contribution in [0.5, 0.6) is 23.0 Å². The van der Waals surface area contributed by atoms with Crippen molar-refractivity contribution in [1.29, 1.82) is 0 Å². The van der Waals surface area contributed by atoms with Crippen LogP contribution in [-0.4, -0.2) is 23.4 Å². The van der Waals surface area contributed by atoms with E-state index in [2.05, 4.69) is 13.8 Å². The summed E-state index contributed by atoms with van der Waals surface area (Å²) in [5.74, 6) is 0.959. The Morgan fingerprint density at radius 2 is 1.00 bits per heavy atom. The predicted octanol–water partition coefficient (Wildman–Crippen LogP) is 5.75. The summed E-state index contributed by atoms with van der Waals surface area (Å²) < 4.78 is 14.8. The molecule has 0 atom stereocenters. The zero-order chi connectivity index (χ0) is 26.0. The van der Waals surface area contributed by atoms with Crippen molar-refractivity contribution in [2.75, 3.05) is 14.2 Å². The summed E-state index contributed by atoms with van der Waals surface area (Å²) in [6, 6.07) is 0. The Hall–Kier alpha value is -1.44. The topological polar surface area (TPSA) is 74.4 Å². The van der Waals surface area contributed by atoms with Crippen LogP contribution >= 0.6 is 24.4 Å². The number of nitrogens with zero attached hydrogens (tertiary/aromatic N) is 2. The van der Waals surface area contributed by atoms with Gasteiger partial charge in [-0.25, -0.2) is 0 Å². The van der Waals surface area contributed by atoms with Crippen molar-refractivity contribution in [2.45, 2.75) is 79.1 Å². The molecule has 0 amide bonds. The van der Waals surface area contributed by atoms with E-state index >= 15 is 0 Å². The van der Waals surface area contributed by atoms with E-state index in [1.165, 1.54) is 0 Å². The largest absolute Gasteiger partial charge is 2.00 e. The Bertz CT molecular complexity index is 995. The molecule has 2 rings (SSSR count). The first-order valence-corrected chi connectivity index (χ1v) is 12.8. The number of rotatable bonds is 10. The number of pyridine rings is 2. The third-order valence-electron chi connectivity index (χ3n) is 6.26. The van der Waals surface area contributed by atoms with Gasteiger partial charge in [0, 0.05) is 25.5 Å². The average molecular weight is 574 g/mol. The molecule has 0 spiro atoms. The van der Waals surface area contributed by atoms with Crippen molar-refractivity contribution in [1.82, 2.24) is 9.13 Å². The number of hydrogen-bond donors (Lipinski definition) is 0. The molecule has 0 aliphatic rings. The Kier molecular flexibility index (Phi) is 15.7. The normalized spacial score (nSPS) is 10.3. The van der Waals surface area contributed by atoms with E-state index in [4.69, 9.17) is 33.9 Å². The zero-order valence-electron chi connectivity index (χ0n) is 22.7. The van der Waals surface area contributed by atoms with Crippen LogP contribution in [0.4, 0.5) is 0 Å². The Morgan fingerprint density at radius 3 is 1.26 bits per heavy atom. The van der Waals surface area contributed by atoms with Crippen molar-refractivity contribution in [3.8, 4) is 23.0 Å². The monoisotopic (exact) mass is 572 g/mol. The summed E-state index contributed by atoms with van der Waals surface area (Å²) in [6.45, 7) is 8.15. The van der Waals surface area contributed by atoms with Crippen LogP contribution < -0.4 is 19.7 Å². The van der Waals surface area contributed by atoms with Crippen LogP contribution in [0.3, 0.4) is 0 Å². The zero-order valence-corrected chi connectivity index (χ0v) is 27.3. The second kappa shape index (κ2) is 16.3. The molecule has 0 radical (unpaired) electrons. The van der Waals surface area contributed by atoms with Crippen LogP contribution in [0.1, 0.15) is 75.1 Å². The molecule has 0 aliphatic heterocycles. The van der Waals surface area contributed by atoms with Gasteiger partial charge in [0.2, 0.25) is 0 Å². The van der Waals surface area contributed by atoms with Gasteiger partial charge >= 0.3 is 19.5 Å². The maximum atomic E-state index is 12.1. The van der Waals surface area contributed by atoms with E-state index in [1.54, 1.807) is 14.2 Å². The predicted molar refractivity (Wildman–Crippen MR) is 140 cm³/mol. The average Bonchev–Trinajstić information content (AvgIpc) is 2.82. The maximum Gasteiger partial charge on any atom is 2.00 e. The smallest absolute Gasteiger partial charge is 0.870 e. The van der Waals surface area contributed by atoms with Crippen molar-refractivity contribution in [2.24, 2.45) is 14.1 Å². The second-order valence-corrected chi connectivity index (χ2v) is 9.30. The van der Waals surface area contributed by atoms with E-state index < -0.39 is 0 Å². The van der Waals surface area contributed by atoms with Gasteiger partial charge in [0.1, 0.15) is 0 Å². The molecule has 9 heteroatoms. The summed E-state index contributed by atoms with van der Waals surface area (Å²) in [7, 11) is 6.90. The van der Waals surface area contributed by atoms with E-state index in [-0.39, 0.29) is 31.0 Å². The number of ether oxygens (including phenoxy) is 2. The molecule has 0 bridgehead atoms. The summed E-state index contributed by atoms with van der Waals surface area (Å²) in [4.78, 5) is 0. The molecule has 35 heavy (non-hydrogen) atoms. The third kappa shape index (κ3) is 8.29. The van der Waals surface area contributed by atoms with Crippen LogP contribution in [0.25, 0.3) is 0 Å². The first-order chi connectivity index (χ1) is 16.1. The van der Waals surface area contributed by atoms with Crippen molar-refractivity contribution >= 4 is 24.4 Å². The van der Waals surface area contributed by atoms with Crippen molar-refractivity contribution < 1.29 is 39.2 Å². The van der Waals surface area contributed by atoms with Gasteiger partial charge in [0.15, 0.2) is 11.5 Å². The van der Waals surface area contributed by atoms with Gasteiger partial charge in [-0.15, -0.1) is 0 Å². The molecule has 2 heterocycles. The molecule has 6 nitrogen and oxygen atoms in total. The fourth-order valence-corrected chi connectivity index (χ4v) is 4.64. The molecule has 0 saturated heterocycles. The maximum absolute atomic E-state index is 12.1. The molecule has 192 valence electrons. The number of methoxy groups -OCH3 is 2. The quantitative estimate of drug-likeness (QED) is 0.205. The fourth-order valence-electron chi connectivity index (χ4n) is 3.94. The number of hydrogen-bond acceptors (Lipinski definition) is 6. The van der Waals surface area contributed by atoms with E-state index in [9.17, 15) is 10.2 Å². The number of unbranched alkanes of at least 4 members (excludes halogenated alkanes) is 4. The Morgan fingerprint density at radius 1 is 0.686 bits per heavy atom. The van der Waals surface area contributed by atoms with Crippen LogP contribution in [-0.2, 0) is 46.4 Å². The summed E-state index contributed by atoms with van der Waals surface area (Å²) in [6.07, 6.45) is 8.20. The van der Waals surface area contributed by atoms with E-state index in [1.807, 2.05) is 37.1 Å². The van der Waals surface area contributed by atoms with E-state index in [0.717, 1.165) is 74.1 Å². The molecule has 0 N–H and O–H groups in total. The molecule has 0 fully saturated rings. The van der Waals surface area contributed by atoms with Gasteiger partial charge in [-0.05, 0) is 39.5 Å². The summed E-state index contributed by atoms with van der Waals surface area (Å²) >= 11 is 10.3. The fraction of sp³-hybridized carbons (Fsp3) is 0.615. The summed E-state index contributed by atoms with van der Waals surface area (Å²) in [5, 5.41) is 24.2. The van der Waals surface area contributed by atoms with Crippen molar-refractivity contribution in [3.05, 3.63) is 31.8 Å². The minimum atomic E-state index is -0.0546. The standard InChI is InChI=1S/2C13H21NO2S.Zn/c2*1-5-6-7-8-10-11(15)13(17)12(16-4)9(2)14(10)3;/h2*15H,5-8H2,1-4H3;/q;;+2/p-2. The molecule has 2 aromatic rings. The molecular formula is C26H40N2O4S2Zn. The van der Waals surface area contributed by atoms with Gasteiger partial charge in [0.05, 0.1) is 34.6 Å². The van der Waals surface area contributed by atoms with Crippen molar-refractivity contribution in [3.63, 3.8) is 0 Å². The van der Waals surface area contributed by atoms with Gasteiger partial charge in [-0.3, -0.25) is 0 Å². The van der Waals surface area contributed by atoms with Gasteiger partial charge in [-0.2, -0.15) is 0 Å². The van der Waals surface area contributed by atoms with E-state index in [0.29, 0.717) is 20.5 Å². The minimum absolute atomic E-state index is 0. The Balaban J connectivity index is 0.000000642. The SMILES string of the molecule is CCCCCc1c([O-])c(=S)c(OC)c(C)n1C.CCCCCc1c([O-])c(=S)c(OC)c(C)n1C.[Zn+2]. The van der Waals surface area contributed by atoms with Gasteiger partial charge in [-0.1, -0.05) is 75.5 Å². The second-order valence-electron chi connectivity index (χ2n) is 8.48. The Labute approximate surface area is 234 Å². The molecule has 0 saturated carbocycles. The molecule has 2 aromatic heterocycles. The molecule has 0 aromatic carbocycles. The molecule has 0 unspecified atom stereocenters. The van der Waals surface area contributed by atoms with Gasteiger partial charge in [0.25, 0.3) is 0 Å². The number of aromatic nitrogens is 2. The first kappa shape index (κ1) is 33.6. The third-order valence-corrected chi connectivity index (χ3v) is 7.01. The minimum Gasteiger partial charge on any atom is -0.870 e. The van der Waals surface area contributed by atoms with Gasteiger partial charge < -0.3 is 28.8 Å². The molecule has 0 aliphatic carbocycles. The van der Waals surface area contributed by atoms with Crippen LogP contribution in [0, 0.1) is 22.9 Å².